The second-order valence-corrected chi connectivity index (χ2v) is 7.93. The van der Waals surface area contributed by atoms with Crippen molar-refractivity contribution < 1.29 is 0 Å². The minimum absolute atomic E-state index is 0.569. The molecule has 0 unspecified atom stereocenters. The van der Waals surface area contributed by atoms with Crippen LogP contribution in [0.2, 0.25) is 5.15 Å². The van der Waals surface area contributed by atoms with Crippen molar-refractivity contribution in [1.82, 2.24) is 4.98 Å². The molecule has 4 aromatic carbocycles. The molecule has 0 aliphatic rings. The average molecular weight is 370 g/mol. The van der Waals surface area contributed by atoms with Crippen molar-refractivity contribution in [3.05, 3.63) is 77.9 Å². The van der Waals surface area contributed by atoms with E-state index in [4.69, 9.17) is 16.6 Å². The highest BCUT2D eigenvalue weighted by atomic mass is 35.5. The fourth-order valence-electron chi connectivity index (χ4n) is 4.05. The van der Waals surface area contributed by atoms with Gasteiger partial charge in [0.2, 0.25) is 0 Å². The molecule has 122 valence electrons. The summed E-state index contributed by atoms with van der Waals surface area (Å²) in [7, 11) is 0. The first kappa shape index (κ1) is 14.5. The number of pyridine rings is 1. The lowest BCUT2D eigenvalue weighted by atomic mass is 9.97. The van der Waals surface area contributed by atoms with Crippen molar-refractivity contribution in [2.24, 2.45) is 0 Å². The van der Waals surface area contributed by atoms with Crippen LogP contribution in [-0.2, 0) is 0 Å². The zero-order valence-electron chi connectivity index (χ0n) is 13.7. The Morgan fingerprint density at radius 2 is 1.19 bits per heavy atom. The number of rotatable bonds is 0. The van der Waals surface area contributed by atoms with Crippen LogP contribution in [0.25, 0.3) is 52.6 Å². The number of thiophene rings is 1. The second-order valence-electron chi connectivity index (χ2n) is 6.52. The molecule has 0 amide bonds. The molecular weight excluding hydrogens is 358 g/mol. The molecule has 0 N–H and O–H groups in total. The predicted molar refractivity (Wildman–Crippen MR) is 115 cm³/mol. The van der Waals surface area contributed by atoms with Crippen LogP contribution in [0, 0.1) is 0 Å². The second kappa shape index (κ2) is 5.16. The highest BCUT2D eigenvalue weighted by Crippen LogP contribution is 2.45. The molecule has 2 heterocycles. The maximum Gasteiger partial charge on any atom is 0.137 e. The van der Waals surface area contributed by atoms with Crippen LogP contribution < -0.4 is 0 Å². The summed E-state index contributed by atoms with van der Waals surface area (Å²) in [4.78, 5) is 4.88. The van der Waals surface area contributed by atoms with Gasteiger partial charge in [-0.2, -0.15) is 0 Å². The van der Waals surface area contributed by atoms with E-state index in [0.29, 0.717) is 5.15 Å². The molecule has 0 atom stereocenters. The molecule has 2 aromatic heterocycles. The maximum atomic E-state index is 6.60. The van der Waals surface area contributed by atoms with Crippen molar-refractivity contribution in [2.75, 3.05) is 0 Å². The summed E-state index contributed by atoms with van der Waals surface area (Å²) in [6.07, 6.45) is 0. The van der Waals surface area contributed by atoms with Gasteiger partial charge in [0.15, 0.2) is 0 Å². The fraction of sp³-hybridized carbons (Fsp3) is 0. The number of halogens is 1. The van der Waals surface area contributed by atoms with Crippen molar-refractivity contribution in [3.8, 4) is 0 Å². The molecule has 0 saturated carbocycles. The Labute approximate surface area is 158 Å². The van der Waals surface area contributed by atoms with Gasteiger partial charge in [-0.05, 0) is 16.8 Å². The Hall–Kier alpha value is -2.68. The smallest absolute Gasteiger partial charge is 0.137 e. The van der Waals surface area contributed by atoms with E-state index >= 15 is 0 Å². The van der Waals surface area contributed by atoms with E-state index in [9.17, 15) is 0 Å². The van der Waals surface area contributed by atoms with Gasteiger partial charge in [0.1, 0.15) is 5.15 Å². The van der Waals surface area contributed by atoms with Crippen LogP contribution in [0.4, 0.5) is 0 Å². The van der Waals surface area contributed by atoms with Crippen LogP contribution in [0.5, 0.6) is 0 Å². The normalized spacial score (nSPS) is 12.0. The molecule has 3 heteroatoms. The van der Waals surface area contributed by atoms with Gasteiger partial charge in [-0.25, -0.2) is 4.98 Å². The lowest BCUT2D eigenvalue weighted by Crippen LogP contribution is -1.88. The quantitative estimate of drug-likeness (QED) is 0.199. The van der Waals surface area contributed by atoms with Crippen LogP contribution in [-0.4, -0.2) is 4.98 Å². The molecular formula is C23H12ClNS. The number of aromatic nitrogens is 1. The van der Waals surface area contributed by atoms with Crippen molar-refractivity contribution >= 4 is 75.6 Å². The lowest BCUT2D eigenvalue weighted by Gasteiger charge is -2.11. The van der Waals surface area contributed by atoms with Crippen molar-refractivity contribution in [2.45, 2.75) is 0 Å². The summed E-state index contributed by atoms with van der Waals surface area (Å²) in [6.45, 7) is 0. The Kier molecular flexibility index (Phi) is 2.88. The van der Waals surface area contributed by atoms with E-state index in [1.54, 1.807) is 0 Å². The Balaban J connectivity index is 2.08. The molecule has 0 aliphatic carbocycles. The number of nitrogens with zero attached hydrogens (tertiary/aromatic N) is 1. The Bertz CT molecular complexity index is 1500. The molecule has 0 spiro atoms. The van der Waals surface area contributed by atoms with Gasteiger partial charge in [-0.1, -0.05) is 78.3 Å². The predicted octanol–water partition coefficient (Wildman–Crippen LogP) is 7.56. The van der Waals surface area contributed by atoms with E-state index in [2.05, 4.69) is 66.7 Å². The summed E-state index contributed by atoms with van der Waals surface area (Å²) >= 11 is 8.43. The minimum Gasteiger partial charge on any atom is -0.235 e. The number of fused-ring (bicyclic) bond motifs is 10. The molecule has 26 heavy (non-hydrogen) atoms. The standard InChI is InChI=1S/C23H12ClNS/c24-23-16-10-4-2-8-14(16)19-13-7-1-3-9-15(13)22-20(21(19)25-23)17-11-5-6-12-18(17)26-22/h1-12H. The monoisotopic (exact) mass is 369 g/mol. The van der Waals surface area contributed by atoms with Crippen LogP contribution in [0.15, 0.2) is 72.8 Å². The zero-order valence-corrected chi connectivity index (χ0v) is 15.2. The third-order valence-electron chi connectivity index (χ3n) is 5.14. The van der Waals surface area contributed by atoms with Gasteiger partial charge in [-0.3, -0.25) is 0 Å². The van der Waals surface area contributed by atoms with Gasteiger partial charge in [0.05, 0.1) is 5.52 Å². The van der Waals surface area contributed by atoms with Gasteiger partial charge in [0.25, 0.3) is 0 Å². The van der Waals surface area contributed by atoms with Crippen molar-refractivity contribution in [1.29, 1.82) is 0 Å². The number of benzene rings is 4. The first-order chi connectivity index (χ1) is 12.8. The summed E-state index contributed by atoms with van der Waals surface area (Å²) in [6, 6.07) is 25.5. The number of hydrogen-bond donors (Lipinski definition) is 0. The van der Waals surface area contributed by atoms with Gasteiger partial charge >= 0.3 is 0 Å². The van der Waals surface area contributed by atoms with Gasteiger partial charge < -0.3 is 0 Å². The molecule has 1 nitrogen and oxygen atoms in total. The Morgan fingerprint density at radius 3 is 1.96 bits per heavy atom. The molecule has 6 aromatic rings. The van der Waals surface area contributed by atoms with Crippen molar-refractivity contribution in [3.63, 3.8) is 0 Å². The largest absolute Gasteiger partial charge is 0.235 e. The van der Waals surface area contributed by atoms with E-state index in [-0.39, 0.29) is 0 Å². The maximum absolute atomic E-state index is 6.60. The van der Waals surface area contributed by atoms with E-state index in [0.717, 1.165) is 16.3 Å². The summed E-state index contributed by atoms with van der Waals surface area (Å²) in [5.74, 6) is 0. The zero-order chi connectivity index (χ0) is 17.3. The number of hydrogen-bond acceptors (Lipinski definition) is 2. The molecule has 0 saturated heterocycles. The van der Waals surface area contributed by atoms with Crippen LogP contribution in [0.3, 0.4) is 0 Å². The molecule has 6 rings (SSSR count). The summed E-state index contributed by atoms with van der Waals surface area (Å²) < 4.78 is 2.57. The molecule has 0 aliphatic heterocycles. The average Bonchev–Trinajstić information content (AvgIpc) is 3.08. The van der Waals surface area contributed by atoms with E-state index in [1.807, 2.05) is 17.4 Å². The first-order valence-electron chi connectivity index (χ1n) is 8.53. The van der Waals surface area contributed by atoms with Gasteiger partial charge in [-0.15, -0.1) is 11.3 Å². The molecule has 0 fully saturated rings. The molecule has 0 bridgehead atoms. The van der Waals surface area contributed by atoms with Gasteiger partial charge in [0, 0.05) is 36.3 Å². The highest BCUT2D eigenvalue weighted by Gasteiger charge is 2.17. The molecule has 0 radical (unpaired) electrons. The van der Waals surface area contributed by atoms with E-state index < -0.39 is 0 Å². The summed E-state index contributed by atoms with van der Waals surface area (Å²) in [5.41, 5.74) is 1.000. The highest BCUT2D eigenvalue weighted by molar-refractivity contribution is 7.27. The third-order valence-corrected chi connectivity index (χ3v) is 6.63. The van der Waals surface area contributed by atoms with E-state index in [1.165, 1.54) is 36.3 Å². The van der Waals surface area contributed by atoms with Crippen LogP contribution in [0.1, 0.15) is 0 Å². The first-order valence-corrected chi connectivity index (χ1v) is 9.72. The topological polar surface area (TPSA) is 12.9 Å². The van der Waals surface area contributed by atoms with Crippen LogP contribution >= 0.6 is 22.9 Å². The minimum atomic E-state index is 0.569. The Morgan fingerprint density at radius 1 is 0.615 bits per heavy atom. The third kappa shape index (κ3) is 1.78. The summed E-state index contributed by atoms with van der Waals surface area (Å²) in [5, 5.41) is 8.92. The fourth-order valence-corrected chi connectivity index (χ4v) is 5.54. The lowest BCUT2D eigenvalue weighted by molar-refractivity contribution is 1.46. The SMILES string of the molecule is Clc1nc2c(c3ccccc13)c1ccccc1c1sc3ccccc3c21.